The normalized spacial score (nSPS) is 39.9. The Labute approximate surface area is 109 Å². The third-order valence-electron chi connectivity index (χ3n) is 5.03. The maximum atomic E-state index is 12.3. The number of nitrogens with one attached hydrogen (secondary N) is 1. The summed E-state index contributed by atoms with van der Waals surface area (Å²) in [7, 11) is 0. The number of amides is 1. The molecular weight excluding hydrogens is 228 g/mol. The molecule has 4 unspecified atom stereocenters. The van der Waals surface area contributed by atoms with Crippen LogP contribution in [0, 0.1) is 17.8 Å². The van der Waals surface area contributed by atoms with Crippen molar-refractivity contribution in [1.29, 1.82) is 0 Å². The predicted molar refractivity (Wildman–Crippen MR) is 69.0 cm³/mol. The molecule has 2 heterocycles. The van der Waals surface area contributed by atoms with Crippen molar-refractivity contribution in [3.63, 3.8) is 0 Å². The molecule has 1 aliphatic carbocycles. The first kappa shape index (κ1) is 12.4. The average molecular weight is 252 g/mol. The van der Waals surface area contributed by atoms with Gasteiger partial charge in [-0.05, 0) is 50.6 Å². The van der Waals surface area contributed by atoms with Crippen molar-refractivity contribution in [3.05, 3.63) is 0 Å². The van der Waals surface area contributed by atoms with Crippen LogP contribution in [0.25, 0.3) is 0 Å². The number of nitrogens with zero attached hydrogens (tertiary/aromatic N) is 1. The molecule has 4 nitrogen and oxygen atoms in total. The first-order valence-corrected chi connectivity index (χ1v) is 7.40. The summed E-state index contributed by atoms with van der Waals surface area (Å²) >= 11 is 0. The smallest absolute Gasteiger partial charge is 0.222 e. The predicted octanol–water partition coefficient (Wildman–Crippen LogP) is 0.605. The topological polar surface area (TPSA) is 52.6 Å². The molecule has 2 saturated heterocycles. The van der Waals surface area contributed by atoms with E-state index in [4.69, 9.17) is 0 Å². The van der Waals surface area contributed by atoms with Gasteiger partial charge in [-0.3, -0.25) is 4.79 Å². The van der Waals surface area contributed by atoms with E-state index in [9.17, 15) is 9.90 Å². The number of likely N-dealkylation sites (tertiary alicyclic amines) is 1. The minimum absolute atomic E-state index is 0.163. The van der Waals surface area contributed by atoms with Crippen LogP contribution >= 0.6 is 0 Å². The van der Waals surface area contributed by atoms with E-state index >= 15 is 0 Å². The fourth-order valence-corrected chi connectivity index (χ4v) is 3.91. The first-order chi connectivity index (χ1) is 8.74. The van der Waals surface area contributed by atoms with Crippen LogP contribution in [0.5, 0.6) is 0 Å². The van der Waals surface area contributed by atoms with Crippen LogP contribution in [0.2, 0.25) is 0 Å². The Bertz CT molecular complexity index is 315. The molecule has 0 radical (unpaired) electrons. The van der Waals surface area contributed by atoms with Gasteiger partial charge in [-0.25, -0.2) is 0 Å². The maximum absolute atomic E-state index is 12.3. The second kappa shape index (κ2) is 5.17. The Morgan fingerprint density at radius 2 is 2.17 bits per heavy atom. The van der Waals surface area contributed by atoms with E-state index in [1.54, 1.807) is 0 Å². The molecule has 1 amide bonds. The van der Waals surface area contributed by atoms with Crippen molar-refractivity contribution < 1.29 is 9.90 Å². The van der Waals surface area contributed by atoms with Gasteiger partial charge in [0.1, 0.15) is 0 Å². The van der Waals surface area contributed by atoms with Crippen LogP contribution in [0.3, 0.4) is 0 Å². The second-order valence-electron chi connectivity index (χ2n) is 6.28. The van der Waals surface area contributed by atoms with Crippen LogP contribution in [0.4, 0.5) is 0 Å². The van der Waals surface area contributed by atoms with Crippen molar-refractivity contribution in [2.24, 2.45) is 17.8 Å². The fraction of sp³-hybridized carbons (Fsp3) is 0.929. The van der Waals surface area contributed by atoms with Gasteiger partial charge in [0.05, 0.1) is 6.10 Å². The lowest BCUT2D eigenvalue weighted by Crippen LogP contribution is -2.36. The van der Waals surface area contributed by atoms with Gasteiger partial charge in [-0.1, -0.05) is 0 Å². The molecule has 0 aromatic rings. The van der Waals surface area contributed by atoms with Crippen LogP contribution in [0.15, 0.2) is 0 Å². The number of fused-ring (bicyclic) bond motifs is 1. The molecule has 1 saturated carbocycles. The summed E-state index contributed by atoms with van der Waals surface area (Å²) in [4.78, 5) is 14.3. The summed E-state index contributed by atoms with van der Waals surface area (Å²) in [5.74, 6) is 1.76. The molecule has 3 fully saturated rings. The van der Waals surface area contributed by atoms with Crippen molar-refractivity contribution >= 4 is 5.91 Å². The van der Waals surface area contributed by atoms with Gasteiger partial charge in [0.15, 0.2) is 0 Å². The maximum Gasteiger partial charge on any atom is 0.222 e. The Morgan fingerprint density at radius 3 is 2.89 bits per heavy atom. The standard InChI is InChI=1S/C14H24N2O2/c17-13-4-3-11-8-16(9-12(11)13)14(18)6-10-2-1-5-15-7-10/h10-13,15,17H,1-9H2. The Morgan fingerprint density at radius 1 is 1.28 bits per heavy atom. The molecule has 18 heavy (non-hydrogen) atoms. The molecule has 4 atom stereocenters. The van der Waals surface area contributed by atoms with Crippen LogP contribution in [-0.2, 0) is 4.79 Å². The lowest BCUT2D eigenvalue weighted by atomic mass is 9.95. The highest BCUT2D eigenvalue weighted by Gasteiger charge is 2.43. The van der Waals surface area contributed by atoms with Crippen molar-refractivity contribution in [1.82, 2.24) is 10.2 Å². The monoisotopic (exact) mass is 252 g/mol. The molecule has 0 bridgehead atoms. The number of carbonyl (C=O) groups excluding carboxylic acids is 1. The van der Waals surface area contributed by atoms with E-state index in [0.717, 1.165) is 39.0 Å². The van der Waals surface area contributed by atoms with Crippen molar-refractivity contribution in [2.75, 3.05) is 26.2 Å². The number of carbonyl (C=O) groups is 1. The van der Waals surface area contributed by atoms with E-state index in [1.165, 1.54) is 12.8 Å². The molecule has 4 heteroatoms. The Hall–Kier alpha value is -0.610. The molecule has 0 aromatic carbocycles. The van der Waals surface area contributed by atoms with Crippen LogP contribution < -0.4 is 5.32 Å². The van der Waals surface area contributed by atoms with E-state index in [2.05, 4.69) is 5.32 Å². The number of hydrogen-bond donors (Lipinski definition) is 2. The molecule has 2 aliphatic heterocycles. The number of aliphatic hydroxyl groups excluding tert-OH is 1. The van der Waals surface area contributed by atoms with E-state index < -0.39 is 0 Å². The van der Waals surface area contributed by atoms with Crippen LogP contribution in [0.1, 0.15) is 32.1 Å². The summed E-state index contributed by atoms with van der Waals surface area (Å²) in [5.41, 5.74) is 0. The first-order valence-electron chi connectivity index (χ1n) is 7.40. The molecule has 102 valence electrons. The summed E-state index contributed by atoms with van der Waals surface area (Å²) in [6.45, 7) is 3.78. The second-order valence-corrected chi connectivity index (χ2v) is 6.28. The summed E-state index contributed by atoms with van der Waals surface area (Å²) in [5, 5.41) is 13.2. The summed E-state index contributed by atoms with van der Waals surface area (Å²) in [6, 6.07) is 0. The van der Waals surface area contributed by atoms with Gasteiger partial charge in [0.25, 0.3) is 0 Å². The summed E-state index contributed by atoms with van der Waals surface area (Å²) in [6.07, 6.45) is 4.95. The quantitative estimate of drug-likeness (QED) is 0.757. The highest BCUT2D eigenvalue weighted by Crippen LogP contribution is 2.38. The largest absolute Gasteiger partial charge is 0.393 e. The van der Waals surface area contributed by atoms with Gasteiger partial charge >= 0.3 is 0 Å². The third-order valence-corrected chi connectivity index (χ3v) is 5.03. The van der Waals surface area contributed by atoms with E-state index in [1.807, 2.05) is 4.90 Å². The number of hydrogen-bond acceptors (Lipinski definition) is 3. The van der Waals surface area contributed by atoms with Crippen LogP contribution in [-0.4, -0.2) is 48.2 Å². The van der Waals surface area contributed by atoms with Crippen molar-refractivity contribution in [2.45, 2.75) is 38.2 Å². The SMILES string of the molecule is O=C(CC1CCCNC1)N1CC2CCC(O)C2C1. The van der Waals surface area contributed by atoms with E-state index in [-0.39, 0.29) is 6.10 Å². The zero-order chi connectivity index (χ0) is 12.5. The summed E-state index contributed by atoms with van der Waals surface area (Å²) < 4.78 is 0. The van der Waals surface area contributed by atoms with Gasteiger partial charge in [0.2, 0.25) is 5.91 Å². The molecule has 0 spiro atoms. The minimum atomic E-state index is -0.163. The fourth-order valence-electron chi connectivity index (χ4n) is 3.91. The molecule has 3 aliphatic rings. The van der Waals surface area contributed by atoms with E-state index in [0.29, 0.717) is 30.1 Å². The molecule has 3 rings (SSSR count). The number of piperidine rings is 1. The third kappa shape index (κ3) is 2.41. The minimum Gasteiger partial charge on any atom is -0.393 e. The lowest BCUT2D eigenvalue weighted by molar-refractivity contribution is -0.131. The molecular formula is C14H24N2O2. The average Bonchev–Trinajstić information content (AvgIpc) is 2.93. The Kier molecular flexibility index (Phi) is 3.57. The molecule has 2 N–H and O–H groups in total. The van der Waals surface area contributed by atoms with Crippen molar-refractivity contribution in [3.8, 4) is 0 Å². The highest BCUT2D eigenvalue weighted by atomic mass is 16.3. The van der Waals surface area contributed by atoms with Gasteiger partial charge < -0.3 is 15.3 Å². The molecule has 0 aromatic heterocycles. The zero-order valence-corrected chi connectivity index (χ0v) is 11.0. The lowest BCUT2D eigenvalue weighted by Gasteiger charge is -2.25. The van der Waals surface area contributed by atoms with Gasteiger partial charge in [-0.2, -0.15) is 0 Å². The zero-order valence-electron chi connectivity index (χ0n) is 11.0. The Balaban J connectivity index is 1.51. The number of rotatable bonds is 2. The van der Waals surface area contributed by atoms with Gasteiger partial charge in [-0.15, -0.1) is 0 Å². The number of aliphatic hydroxyl groups is 1. The van der Waals surface area contributed by atoms with Gasteiger partial charge in [0, 0.05) is 25.4 Å². The highest BCUT2D eigenvalue weighted by molar-refractivity contribution is 5.76.